The number of ether oxygens (including phenoxy) is 1. The fourth-order valence-corrected chi connectivity index (χ4v) is 2.42. The van der Waals surface area contributed by atoms with Gasteiger partial charge in [-0.3, -0.25) is 0 Å². The van der Waals surface area contributed by atoms with Crippen LogP contribution in [0.4, 0.5) is 5.82 Å². The van der Waals surface area contributed by atoms with Gasteiger partial charge in [-0.05, 0) is 25.7 Å². The number of aryl methyl sites for hydroxylation is 1. The molecule has 0 bridgehead atoms. The Bertz CT molecular complexity index is 384. The SMILES string of the molecule is COCCNCCNc1ncnc2c1CCCCC2. The van der Waals surface area contributed by atoms with Gasteiger partial charge in [0.05, 0.1) is 6.61 Å². The number of hydrogen-bond donors (Lipinski definition) is 2. The molecule has 0 atom stereocenters. The zero-order valence-electron chi connectivity index (χ0n) is 11.7. The first-order valence-corrected chi connectivity index (χ1v) is 7.18. The zero-order valence-corrected chi connectivity index (χ0v) is 11.7. The molecule has 0 unspecified atom stereocenters. The van der Waals surface area contributed by atoms with E-state index in [1.54, 1.807) is 13.4 Å². The smallest absolute Gasteiger partial charge is 0.132 e. The van der Waals surface area contributed by atoms with Gasteiger partial charge < -0.3 is 15.4 Å². The average molecular weight is 264 g/mol. The molecule has 5 nitrogen and oxygen atoms in total. The van der Waals surface area contributed by atoms with Crippen LogP contribution in [0.25, 0.3) is 0 Å². The molecule has 2 rings (SSSR count). The molecule has 2 N–H and O–H groups in total. The van der Waals surface area contributed by atoms with Crippen molar-refractivity contribution in [1.29, 1.82) is 0 Å². The van der Waals surface area contributed by atoms with Crippen LogP contribution >= 0.6 is 0 Å². The van der Waals surface area contributed by atoms with Crippen LogP contribution in [0.3, 0.4) is 0 Å². The first-order chi connectivity index (χ1) is 9.42. The minimum Gasteiger partial charge on any atom is -0.383 e. The van der Waals surface area contributed by atoms with E-state index in [1.807, 2.05) is 0 Å². The fourth-order valence-electron chi connectivity index (χ4n) is 2.42. The van der Waals surface area contributed by atoms with Crippen molar-refractivity contribution in [2.24, 2.45) is 0 Å². The molecule has 0 fully saturated rings. The van der Waals surface area contributed by atoms with Crippen molar-refractivity contribution in [1.82, 2.24) is 15.3 Å². The van der Waals surface area contributed by atoms with E-state index < -0.39 is 0 Å². The van der Waals surface area contributed by atoms with Crippen LogP contribution in [-0.4, -0.2) is 43.3 Å². The summed E-state index contributed by atoms with van der Waals surface area (Å²) in [5.41, 5.74) is 2.57. The van der Waals surface area contributed by atoms with E-state index in [4.69, 9.17) is 4.74 Å². The molecule has 0 aliphatic heterocycles. The van der Waals surface area contributed by atoms with E-state index in [2.05, 4.69) is 20.6 Å². The molecule has 0 saturated heterocycles. The standard InChI is InChI=1S/C14H24N4O/c1-19-10-9-15-7-8-16-14-12-5-3-2-4-6-13(12)17-11-18-14/h11,15H,2-10H2,1H3,(H,16,17,18). The molecule has 0 saturated carbocycles. The second-order valence-electron chi connectivity index (χ2n) is 4.88. The van der Waals surface area contributed by atoms with Crippen LogP contribution in [0.5, 0.6) is 0 Å². The molecule has 1 aromatic rings. The monoisotopic (exact) mass is 264 g/mol. The first kappa shape index (κ1) is 14.2. The van der Waals surface area contributed by atoms with Crippen molar-refractivity contribution in [3.05, 3.63) is 17.6 Å². The van der Waals surface area contributed by atoms with E-state index in [-0.39, 0.29) is 0 Å². The quantitative estimate of drug-likeness (QED) is 0.576. The lowest BCUT2D eigenvalue weighted by Crippen LogP contribution is -2.26. The summed E-state index contributed by atoms with van der Waals surface area (Å²) in [4.78, 5) is 8.82. The summed E-state index contributed by atoms with van der Waals surface area (Å²) in [6.07, 6.45) is 7.69. The van der Waals surface area contributed by atoms with Gasteiger partial charge in [-0.1, -0.05) is 6.42 Å². The molecule has 19 heavy (non-hydrogen) atoms. The molecule has 106 valence electrons. The second-order valence-corrected chi connectivity index (χ2v) is 4.88. The normalized spacial score (nSPS) is 14.8. The number of aromatic nitrogens is 2. The molecular weight excluding hydrogens is 240 g/mol. The van der Waals surface area contributed by atoms with Gasteiger partial charge >= 0.3 is 0 Å². The lowest BCUT2D eigenvalue weighted by atomic mass is 10.1. The summed E-state index contributed by atoms with van der Waals surface area (Å²) in [5, 5.41) is 6.74. The Hall–Kier alpha value is -1.20. The van der Waals surface area contributed by atoms with Crippen LogP contribution in [0.1, 0.15) is 30.5 Å². The Morgan fingerprint density at radius 1 is 1.11 bits per heavy atom. The predicted octanol–water partition coefficient (Wildman–Crippen LogP) is 1.39. The van der Waals surface area contributed by atoms with E-state index in [0.717, 1.165) is 44.9 Å². The Morgan fingerprint density at radius 2 is 2.00 bits per heavy atom. The molecule has 1 aromatic heterocycles. The highest BCUT2D eigenvalue weighted by molar-refractivity contribution is 5.46. The lowest BCUT2D eigenvalue weighted by Gasteiger charge is -2.12. The van der Waals surface area contributed by atoms with Gasteiger partial charge in [-0.15, -0.1) is 0 Å². The van der Waals surface area contributed by atoms with Crippen molar-refractivity contribution < 1.29 is 4.74 Å². The van der Waals surface area contributed by atoms with Crippen molar-refractivity contribution >= 4 is 5.82 Å². The summed E-state index contributed by atoms with van der Waals surface area (Å²) in [6.45, 7) is 3.44. The summed E-state index contributed by atoms with van der Waals surface area (Å²) >= 11 is 0. The number of nitrogens with zero attached hydrogens (tertiary/aromatic N) is 2. The van der Waals surface area contributed by atoms with Gasteiger partial charge in [0, 0.05) is 38.0 Å². The summed E-state index contributed by atoms with van der Waals surface area (Å²) in [7, 11) is 1.72. The molecule has 0 amide bonds. The van der Waals surface area contributed by atoms with E-state index in [1.165, 1.54) is 30.5 Å². The van der Waals surface area contributed by atoms with Gasteiger partial charge in [0.1, 0.15) is 12.1 Å². The first-order valence-electron chi connectivity index (χ1n) is 7.18. The predicted molar refractivity (Wildman–Crippen MR) is 76.5 cm³/mol. The maximum atomic E-state index is 4.99. The number of rotatable bonds is 7. The minimum atomic E-state index is 0.753. The maximum Gasteiger partial charge on any atom is 0.132 e. The van der Waals surface area contributed by atoms with Crippen molar-refractivity contribution in [2.45, 2.75) is 32.1 Å². The number of anilines is 1. The number of methoxy groups -OCH3 is 1. The van der Waals surface area contributed by atoms with Crippen LogP contribution in [0.2, 0.25) is 0 Å². The van der Waals surface area contributed by atoms with Gasteiger partial charge in [-0.25, -0.2) is 9.97 Å². The lowest BCUT2D eigenvalue weighted by molar-refractivity contribution is 0.200. The van der Waals surface area contributed by atoms with E-state index in [0.29, 0.717) is 0 Å². The third-order valence-corrected chi connectivity index (χ3v) is 3.45. The van der Waals surface area contributed by atoms with Crippen molar-refractivity contribution in [3.8, 4) is 0 Å². The molecule has 1 heterocycles. The molecule has 1 aliphatic rings. The number of nitrogens with one attached hydrogen (secondary N) is 2. The maximum absolute atomic E-state index is 4.99. The minimum absolute atomic E-state index is 0.753. The Balaban J connectivity index is 1.83. The Kier molecular flexibility index (Phi) is 6.04. The van der Waals surface area contributed by atoms with Crippen molar-refractivity contribution in [3.63, 3.8) is 0 Å². The van der Waals surface area contributed by atoms with E-state index in [9.17, 15) is 0 Å². The number of hydrogen-bond acceptors (Lipinski definition) is 5. The summed E-state index contributed by atoms with van der Waals surface area (Å²) in [6, 6.07) is 0. The Morgan fingerprint density at radius 3 is 2.89 bits per heavy atom. The molecule has 1 aliphatic carbocycles. The molecule has 0 aromatic carbocycles. The van der Waals surface area contributed by atoms with Crippen LogP contribution in [0, 0.1) is 0 Å². The van der Waals surface area contributed by atoms with Gasteiger partial charge in [0.2, 0.25) is 0 Å². The molecule has 5 heteroatoms. The van der Waals surface area contributed by atoms with Gasteiger partial charge in [-0.2, -0.15) is 0 Å². The van der Waals surface area contributed by atoms with Gasteiger partial charge in [0.15, 0.2) is 0 Å². The highest BCUT2D eigenvalue weighted by Gasteiger charge is 2.13. The van der Waals surface area contributed by atoms with E-state index >= 15 is 0 Å². The third-order valence-electron chi connectivity index (χ3n) is 3.45. The van der Waals surface area contributed by atoms with Crippen molar-refractivity contribution in [2.75, 3.05) is 38.7 Å². The highest BCUT2D eigenvalue weighted by Crippen LogP contribution is 2.23. The topological polar surface area (TPSA) is 59.1 Å². The zero-order chi connectivity index (χ0) is 13.3. The third kappa shape index (κ3) is 4.44. The fraction of sp³-hybridized carbons (Fsp3) is 0.714. The average Bonchev–Trinajstić information content (AvgIpc) is 2.68. The van der Waals surface area contributed by atoms with Crippen LogP contribution in [0.15, 0.2) is 6.33 Å². The molecular formula is C14H24N4O. The summed E-state index contributed by atoms with van der Waals surface area (Å²) in [5.74, 6) is 1.03. The largest absolute Gasteiger partial charge is 0.383 e. The Labute approximate surface area is 115 Å². The number of fused-ring (bicyclic) bond motifs is 1. The second kappa shape index (κ2) is 8.07. The summed E-state index contributed by atoms with van der Waals surface area (Å²) < 4.78 is 4.99. The molecule has 0 radical (unpaired) electrons. The van der Waals surface area contributed by atoms with Crippen LogP contribution < -0.4 is 10.6 Å². The van der Waals surface area contributed by atoms with Crippen LogP contribution in [-0.2, 0) is 17.6 Å². The molecule has 0 spiro atoms. The highest BCUT2D eigenvalue weighted by atomic mass is 16.5. The van der Waals surface area contributed by atoms with Gasteiger partial charge in [0.25, 0.3) is 0 Å².